The normalized spacial score (nSPS) is 10.6. The van der Waals surface area contributed by atoms with E-state index in [0.717, 1.165) is 5.56 Å². The zero-order chi connectivity index (χ0) is 14.3. The molecule has 0 bridgehead atoms. The monoisotopic (exact) mass is 281 g/mol. The molecule has 19 heavy (non-hydrogen) atoms. The Morgan fingerprint density at radius 1 is 1.37 bits per heavy atom. The molecule has 5 heteroatoms. The number of hydrogen-bond donors (Lipinski definition) is 1. The number of likely N-dealkylation sites (N-methyl/N-ethyl adjacent to an activating group) is 1. The number of amides is 1. The number of carbonyl (C=O) groups is 2. The zero-order valence-corrected chi connectivity index (χ0v) is 11.4. The Hall–Kier alpha value is -1.81. The Bertz CT molecular complexity index is 485. The second-order valence-electron chi connectivity index (χ2n) is 4.11. The fourth-order valence-electron chi connectivity index (χ4n) is 1.48. The van der Waals surface area contributed by atoms with Crippen molar-refractivity contribution in [2.24, 2.45) is 0 Å². The predicted molar refractivity (Wildman–Crippen MR) is 75.0 cm³/mol. The SMILES string of the molecule is CN(CCCC(=O)O)C(=O)/C=C/c1ccccc1Cl. The summed E-state index contributed by atoms with van der Waals surface area (Å²) in [6, 6.07) is 7.23. The molecule has 0 aromatic heterocycles. The summed E-state index contributed by atoms with van der Waals surface area (Å²) in [6.07, 6.45) is 3.59. The van der Waals surface area contributed by atoms with Gasteiger partial charge in [0.1, 0.15) is 0 Å². The number of carboxylic acid groups (broad SMARTS) is 1. The fourth-order valence-corrected chi connectivity index (χ4v) is 1.67. The second-order valence-corrected chi connectivity index (χ2v) is 4.52. The summed E-state index contributed by atoms with van der Waals surface area (Å²) < 4.78 is 0. The van der Waals surface area contributed by atoms with E-state index in [4.69, 9.17) is 16.7 Å². The van der Waals surface area contributed by atoms with Crippen LogP contribution in [-0.2, 0) is 9.59 Å². The molecule has 0 saturated carbocycles. The lowest BCUT2D eigenvalue weighted by atomic mass is 10.2. The summed E-state index contributed by atoms with van der Waals surface area (Å²) in [4.78, 5) is 23.6. The molecule has 0 aliphatic carbocycles. The molecule has 0 aliphatic rings. The first-order valence-electron chi connectivity index (χ1n) is 5.90. The van der Waals surface area contributed by atoms with Crippen LogP contribution in [0.3, 0.4) is 0 Å². The highest BCUT2D eigenvalue weighted by Gasteiger charge is 2.06. The van der Waals surface area contributed by atoms with Gasteiger partial charge >= 0.3 is 5.97 Å². The zero-order valence-electron chi connectivity index (χ0n) is 10.7. The minimum atomic E-state index is -0.854. The van der Waals surface area contributed by atoms with Gasteiger partial charge in [-0.3, -0.25) is 9.59 Å². The van der Waals surface area contributed by atoms with Gasteiger partial charge in [-0.05, 0) is 24.1 Å². The van der Waals surface area contributed by atoms with Gasteiger partial charge in [0.05, 0.1) is 0 Å². The summed E-state index contributed by atoms with van der Waals surface area (Å²) in [5.74, 6) is -1.03. The molecule has 0 fully saturated rings. The number of aliphatic carboxylic acids is 1. The Labute approximate surface area is 117 Å². The third-order valence-corrected chi connectivity index (χ3v) is 2.92. The van der Waals surface area contributed by atoms with Crippen molar-refractivity contribution in [3.05, 3.63) is 40.9 Å². The van der Waals surface area contributed by atoms with E-state index in [-0.39, 0.29) is 12.3 Å². The summed E-state index contributed by atoms with van der Waals surface area (Å²) >= 11 is 5.96. The lowest BCUT2D eigenvalue weighted by Gasteiger charge is -2.14. The van der Waals surface area contributed by atoms with Crippen molar-refractivity contribution in [1.82, 2.24) is 4.90 Å². The van der Waals surface area contributed by atoms with Crippen LogP contribution < -0.4 is 0 Å². The number of benzene rings is 1. The number of hydrogen-bond acceptors (Lipinski definition) is 2. The molecule has 1 aromatic rings. The van der Waals surface area contributed by atoms with E-state index in [1.165, 1.54) is 11.0 Å². The van der Waals surface area contributed by atoms with E-state index in [9.17, 15) is 9.59 Å². The van der Waals surface area contributed by atoms with Crippen molar-refractivity contribution >= 4 is 29.6 Å². The van der Waals surface area contributed by atoms with E-state index >= 15 is 0 Å². The maximum atomic E-state index is 11.8. The lowest BCUT2D eigenvalue weighted by molar-refractivity contribution is -0.137. The first-order chi connectivity index (χ1) is 9.00. The van der Waals surface area contributed by atoms with Gasteiger partial charge in [-0.25, -0.2) is 0 Å². The quantitative estimate of drug-likeness (QED) is 0.816. The summed E-state index contributed by atoms with van der Waals surface area (Å²) in [5, 5.41) is 9.10. The van der Waals surface area contributed by atoms with Gasteiger partial charge in [0.25, 0.3) is 0 Å². The molecule has 0 spiro atoms. The molecule has 0 aliphatic heterocycles. The average molecular weight is 282 g/mol. The first kappa shape index (κ1) is 15.2. The van der Waals surface area contributed by atoms with E-state index in [1.54, 1.807) is 19.2 Å². The third-order valence-electron chi connectivity index (χ3n) is 2.57. The second kappa shape index (κ2) is 7.59. The Balaban J connectivity index is 2.50. The smallest absolute Gasteiger partial charge is 0.303 e. The molecular formula is C14H16ClNO3. The van der Waals surface area contributed by atoms with Crippen LogP contribution in [0.5, 0.6) is 0 Å². The van der Waals surface area contributed by atoms with Crippen LogP contribution in [0.2, 0.25) is 5.02 Å². The molecule has 0 radical (unpaired) electrons. The van der Waals surface area contributed by atoms with Crippen LogP contribution in [0.15, 0.2) is 30.3 Å². The van der Waals surface area contributed by atoms with Gasteiger partial charge in [0.15, 0.2) is 0 Å². The maximum absolute atomic E-state index is 11.8. The van der Waals surface area contributed by atoms with Crippen molar-refractivity contribution in [3.8, 4) is 0 Å². The fraction of sp³-hybridized carbons (Fsp3) is 0.286. The van der Waals surface area contributed by atoms with Crippen LogP contribution in [0.1, 0.15) is 18.4 Å². The Kier molecular flexibility index (Phi) is 6.09. The van der Waals surface area contributed by atoms with Crippen LogP contribution in [0.4, 0.5) is 0 Å². The average Bonchev–Trinajstić information content (AvgIpc) is 2.36. The number of carboxylic acids is 1. The Morgan fingerprint density at radius 2 is 2.05 bits per heavy atom. The van der Waals surface area contributed by atoms with E-state index in [2.05, 4.69) is 0 Å². The van der Waals surface area contributed by atoms with Crippen molar-refractivity contribution in [3.63, 3.8) is 0 Å². The van der Waals surface area contributed by atoms with E-state index in [0.29, 0.717) is 18.0 Å². The molecule has 1 aromatic carbocycles. The number of rotatable bonds is 6. The molecule has 0 saturated heterocycles. The summed E-state index contributed by atoms with van der Waals surface area (Å²) in [6.45, 7) is 0.415. The molecule has 0 atom stereocenters. The van der Waals surface area contributed by atoms with Gasteiger partial charge in [0, 0.05) is 31.1 Å². The Morgan fingerprint density at radius 3 is 2.68 bits per heavy atom. The van der Waals surface area contributed by atoms with Gasteiger partial charge in [-0.1, -0.05) is 29.8 Å². The summed E-state index contributed by atoms with van der Waals surface area (Å²) in [7, 11) is 1.64. The highest BCUT2D eigenvalue weighted by atomic mass is 35.5. The lowest BCUT2D eigenvalue weighted by Crippen LogP contribution is -2.26. The van der Waals surface area contributed by atoms with E-state index in [1.807, 2.05) is 18.2 Å². The largest absolute Gasteiger partial charge is 0.481 e. The molecule has 4 nitrogen and oxygen atoms in total. The van der Waals surface area contributed by atoms with Crippen LogP contribution in [0, 0.1) is 0 Å². The van der Waals surface area contributed by atoms with E-state index < -0.39 is 5.97 Å². The third kappa shape index (κ3) is 5.57. The topological polar surface area (TPSA) is 57.6 Å². The molecule has 1 amide bonds. The van der Waals surface area contributed by atoms with Crippen LogP contribution in [-0.4, -0.2) is 35.5 Å². The number of halogens is 1. The number of carbonyl (C=O) groups excluding carboxylic acids is 1. The summed E-state index contributed by atoms with van der Waals surface area (Å²) in [5.41, 5.74) is 0.774. The maximum Gasteiger partial charge on any atom is 0.303 e. The minimum Gasteiger partial charge on any atom is -0.481 e. The molecule has 0 unspecified atom stereocenters. The van der Waals surface area contributed by atoms with Gasteiger partial charge in [-0.15, -0.1) is 0 Å². The first-order valence-corrected chi connectivity index (χ1v) is 6.28. The highest BCUT2D eigenvalue weighted by molar-refractivity contribution is 6.32. The predicted octanol–water partition coefficient (Wildman–Crippen LogP) is 2.68. The van der Waals surface area contributed by atoms with Gasteiger partial charge < -0.3 is 10.0 Å². The van der Waals surface area contributed by atoms with Crippen molar-refractivity contribution in [2.45, 2.75) is 12.8 Å². The van der Waals surface area contributed by atoms with Crippen molar-refractivity contribution in [1.29, 1.82) is 0 Å². The van der Waals surface area contributed by atoms with Crippen LogP contribution in [0.25, 0.3) is 6.08 Å². The minimum absolute atomic E-state index is 0.0614. The number of nitrogens with zero attached hydrogens (tertiary/aromatic N) is 1. The standard InChI is InChI=1S/C14H16ClNO3/c1-16(10-4-7-14(18)19)13(17)9-8-11-5-2-3-6-12(11)15/h2-3,5-6,8-9H,4,7,10H2,1H3,(H,18,19)/b9-8+. The van der Waals surface area contributed by atoms with Gasteiger partial charge in [0.2, 0.25) is 5.91 Å². The molecule has 102 valence electrons. The van der Waals surface area contributed by atoms with Crippen molar-refractivity contribution < 1.29 is 14.7 Å². The van der Waals surface area contributed by atoms with Crippen molar-refractivity contribution in [2.75, 3.05) is 13.6 Å². The molecule has 1 N–H and O–H groups in total. The van der Waals surface area contributed by atoms with Crippen LogP contribution >= 0.6 is 11.6 Å². The van der Waals surface area contributed by atoms with Gasteiger partial charge in [-0.2, -0.15) is 0 Å². The molecule has 0 heterocycles. The molecular weight excluding hydrogens is 266 g/mol. The highest BCUT2D eigenvalue weighted by Crippen LogP contribution is 2.16. The molecule has 1 rings (SSSR count).